The van der Waals surface area contributed by atoms with Crippen molar-refractivity contribution in [2.45, 2.75) is 6.61 Å². The maximum atomic E-state index is 5.40. The molecule has 3 N–H and O–H groups in total. The van der Waals surface area contributed by atoms with Gasteiger partial charge in [0.1, 0.15) is 5.82 Å². The Morgan fingerprint density at radius 1 is 1.39 bits per heavy atom. The number of methoxy groups -OCH3 is 1. The molecule has 0 radical (unpaired) electrons. The van der Waals surface area contributed by atoms with Crippen LogP contribution in [0.1, 0.15) is 5.69 Å². The molecule has 96 valence electrons. The molecule has 0 aliphatic heterocycles. The molecule has 2 aromatic heterocycles. The predicted octanol–water partition coefficient (Wildman–Crippen LogP) is 3.16. The van der Waals surface area contributed by atoms with E-state index in [2.05, 4.69) is 47.3 Å². The molecule has 0 aliphatic rings. The fraction of sp³-hybridized carbons (Fsp3) is 0.200. The van der Waals surface area contributed by atoms with Gasteiger partial charge < -0.3 is 10.2 Å². The largest absolute Gasteiger partial charge is 0.378 e. The summed E-state index contributed by atoms with van der Waals surface area (Å²) < 4.78 is 7.05. The third-order valence-corrected chi connectivity index (χ3v) is 5.34. The minimum atomic E-state index is 0.415. The summed E-state index contributed by atoms with van der Waals surface area (Å²) >= 11 is 8.44. The molecule has 18 heavy (non-hydrogen) atoms. The highest BCUT2D eigenvalue weighted by atomic mass is 79.9. The van der Waals surface area contributed by atoms with Crippen LogP contribution in [0.5, 0.6) is 0 Å². The van der Waals surface area contributed by atoms with Gasteiger partial charge in [0.05, 0.1) is 21.0 Å². The van der Waals surface area contributed by atoms with Crippen LogP contribution in [0.4, 0.5) is 5.82 Å². The van der Waals surface area contributed by atoms with Gasteiger partial charge in [0, 0.05) is 17.6 Å². The molecule has 0 fully saturated rings. The number of nitrogens with two attached hydrogens (primary N) is 1. The van der Waals surface area contributed by atoms with E-state index in [1.54, 1.807) is 24.5 Å². The second kappa shape index (κ2) is 6.07. The van der Waals surface area contributed by atoms with Crippen molar-refractivity contribution in [1.29, 1.82) is 0 Å². The van der Waals surface area contributed by atoms with E-state index in [1.165, 1.54) is 0 Å². The van der Waals surface area contributed by atoms with E-state index in [0.29, 0.717) is 18.2 Å². The molecule has 2 heterocycles. The average Bonchev–Trinajstić information content (AvgIpc) is 2.70. The SMILES string of the molecule is COCc1cc(NN)nc(-c2cc(Br)c(Br)s2)n1. The summed E-state index contributed by atoms with van der Waals surface area (Å²) in [6, 6.07) is 3.71. The van der Waals surface area contributed by atoms with Gasteiger partial charge >= 0.3 is 0 Å². The summed E-state index contributed by atoms with van der Waals surface area (Å²) in [6.07, 6.45) is 0. The molecule has 2 rings (SSSR count). The lowest BCUT2D eigenvalue weighted by Gasteiger charge is -2.05. The standard InChI is InChI=1S/C10H10Br2N4OS/c1-17-4-5-2-8(16-13)15-10(14-5)7-3-6(11)9(12)18-7/h2-3H,4,13H2,1H3,(H,14,15,16). The van der Waals surface area contributed by atoms with Crippen LogP contribution in [0.15, 0.2) is 20.4 Å². The normalized spacial score (nSPS) is 10.7. The summed E-state index contributed by atoms with van der Waals surface area (Å²) in [7, 11) is 1.62. The maximum absolute atomic E-state index is 5.40. The van der Waals surface area contributed by atoms with E-state index in [4.69, 9.17) is 10.6 Å². The first-order chi connectivity index (χ1) is 8.63. The number of nitrogens with one attached hydrogen (secondary N) is 1. The summed E-state index contributed by atoms with van der Waals surface area (Å²) in [4.78, 5) is 9.71. The lowest BCUT2D eigenvalue weighted by Crippen LogP contribution is -2.10. The van der Waals surface area contributed by atoms with E-state index >= 15 is 0 Å². The Kier molecular flexibility index (Phi) is 4.68. The van der Waals surface area contributed by atoms with Crippen LogP contribution in [0.25, 0.3) is 10.7 Å². The first-order valence-corrected chi connectivity index (χ1v) is 7.33. The number of rotatable bonds is 4. The number of anilines is 1. The molecular weight excluding hydrogens is 384 g/mol. The van der Waals surface area contributed by atoms with Gasteiger partial charge in [0.2, 0.25) is 0 Å². The van der Waals surface area contributed by atoms with Gasteiger partial charge in [-0.2, -0.15) is 0 Å². The van der Waals surface area contributed by atoms with Crippen LogP contribution in [-0.4, -0.2) is 17.1 Å². The van der Waals surface area contributed by atoms with Crippen LogP contribution in [0.3, 0.4) is 0 Å². The second-order valence-electron chi connectivity index (χ2n) is 3.38. The second-order valence-corrected chi connectivity index (χ2v) is 6.60. The molecule has 0 bridgehead atoms. The van der Waals surface area contributed by atoms with Crippen molar-refractivity contribution in [3.05, 3.63) is 26.1 Å². The van der Waals surface area contributed by atoms with Crippen LogP contribution in [-0.2, 0) is 11.3 Å². The van der Waals surface area contributed by atoms with Crippen molar-refractivity contribution in [3.8, 4) is 10.7 Å². The summed E-state index contributed by atoms with van der Waals surface area (Å²) in [6.45, 7) is 0.415. The maximum Gasteiger partial charge on any atom is 0.172 e. The summed E-state index contributed by atoms with van der Waals surface area (Å²) in [5.41, 5.74) is 3.31. The van der Waals surface area contributed by atoms with Gasteiger partial charge in [-0.3, -0.25) is 0 Å². The molecule has 8 heteroatoms. The van der Waals surface area contributed by atoms with Crippen molar-refractivity contribution < 1.29 is 4.74 Å². The summed E-state index contributed by atoms with van der Waals surface area (Å²) in [5, 5.41) is 0. The number of nitrogen functional groups attached to an aromatic ring is 1. The van der Waals surface area contributed by atoms with Gasteiger partial charge in [-0.25, -0.2) is 15.8 Å². The predicted molar refractivity (Wildman–Crippen MR) is 79.3 cm³/mol. The number of halogens is 2. The number of ether oxygens (including phenoxy) is 1. The molecule has 5 nitrogen and oxygen atoms in total. The Morgan fingerprint density at radius 2 is 2.17 bits per heavy atom. The third kappa shape index (κ3) is 3.07. The Morgan fingerprint density at radius 3 is 2.72 bits per heavy atom. The topological polar surface area (TPSA) is 73.1 Å². The van der Waals surface area contributed by atoms with E-state index < -0.39 is 0 Å². The highest BCUT2D eigenvalue weighted by molar-refractivity contribution is 9.13. The molecular formula is C10H10Br2N4OS. The molecule has 0 saturated heterocycles. The van der Waals surface area contributed by atoms with Crippen LogP contribution in [0.2, 0.25) is 0 Å². The lowest BCUT2D eigenvalue weighted by molar-refractivity contribution is 0.181. The van der Waals surface area contributed by atoms with Gasteiger partial charge in [-0.1, -0.05) is 0 Å². The molecule has 0 atom stereocenters. The molecule has 0 spiro atoms. The number of hydrogen-bond donors (Lipinski definition) is 2. The number of hydrogen-bond acceptors (Lipinski definition) is 6. The fourth-order valence-electron chi connectivity index (χ4n) is 1.36. The minimum Gasteiger partial charge on any atom is -0.378 e. The Labute approximate surface area is 125 Å². The highest BCUT2D eigenvalue weighted by Crippen LogP contribution is 2.37. The monoisotopic (exact) mass is 392 g/mol. The number of hydrazine groups is 1. The van der Waals surface area contributed by atoms with Crippen molar-refractivity contribution in [3.63, 3.8) is 0 Å². The third-order valence-electron chi connectivity index (χ3n) is 2.08. The first-order valence-electron chi connectivity index (χ1n) is 4.92. The molecule has 0 amide bonds. The van der Waals surface area contributed by atoms with E-state index in [1.807, 2.05) is 6.07 Å². The van der Waals surface area contributed by atoms with Crippen LogP contribution in [0, 0.1) is 0 Å². The number of aromatic nitrogens is 2. The molecule has 0 aromatic carbocycles. The quantitative estimate of drug-likeness (QED) is 0.616. The fourth-order valence-corrected chi connectivity index (χ4v) is 3.33. The molecule has 0 saturated carbocycles. The molecule has 0 unspecified atom stereocenters. The van der Waals surface area contributed by atoms with Crippen molar-refractivity contribution in [2.24, 2.45) is 5.84 Å². The first kappa shape index (κ1) is 13.9. The van der Waals surface area contributed by atoms with Gasteiger partial charge in [0.15, 0.2) is 5.82 Å². The van der Waals surface area contributed by atoms with Crippen molar-refractivity contribution in [2.75, 3.05) is 12.5 Å². The van der Waals surface area contributed by atoms with Crippen LogP contribution >= 0.6 is 43.2 Å². The Hall–Kier alpha value is -0.540. The smallest absolute Gasteiger partial charge is 0.172 e. The van der Waals surface area contributed by atoms with E-state index in [9.17, 15) is 0 Å². The van der Waals surface area contributed by atoms with Crippen molar-refractivity contribution >= 4 is 49.0 Å². The number of thiophene rings is 1. The van der Waals surface area contributed by atoms with Crippen molar-refractivity contribution in [1.82, 2.24) is 9.97 Å². The van der Waals surface area contributed by atoms with Gasteiger partial charge in [-0.05, 0) is 37.9 Å². The highest BCUT2D eigenvalue weighted by Gasteiger charge is 2.11. The Bertz CT molecular complexity index is 541. The average molecular weight is 394 g/mol. The zero-order chi connectivity index (χ0) is 13.1. The number of nitrogens with zero attached hydrogens (tertiary/aromatic N) is 2. The lowest BCUT2D eigenvalue weighted by atomic mass is 10.3. The molecule has 2 aromatic rings. The zero-order valence-electron chi connectivity index (χ0n) is 9.41. The van der Waals surface area contributed by atoms with Crippen LogP contribution < -0.4 is 11.3 Å². The minimum absolute atomic E-state index is 0.415. The van der Waals surface area contributed by atoms with Gasteiger partial charge in [0.25, 0.3) is 0 Å². The van der Waals surface area contributed by atoms with Gasteiger partial charge in [-0.15, -0.1) is 11.3 Å². The molecule has 0 aliphatic carbocycles. The summed E-state index contributed by atoms with van der Waals surface area (Å²) in [5.74, 6) is 6.58. The van der Waals surface area contributed by atoms with E-state index in [-0.39, 0.29) is 0 Å². The van der Waals surface area contributed by atoms with E-state index in [0.717, 1.165) is 18.8 Å². The zero-order valence-corrected chi connectivity index (χ0v) is 13.4. The Balaban J connectivity index is 2.45.